The smallest absolute Gasteiger partial charge is 0.325 e. The normalized spacial score (nSPS) is 27.3. The van der Waals surface area contributed by atoms with Crippen LogP contribution in [0.1, 0.15) is 46.5 Å². The van der Waals surface area contributed by atoms with Gasteiger partial charge in [-0.3, -0.25) is 14.5 Å². The van der Waals surface area contributed by atoms with Crippen LogP contribution in [-0.4, -0.2) is 52.8 Å². The molecule has 1 heterocycles. The monoisotopic (exact) mass is 321 g/mol. The summed E-state index contributed by atoms with van der Waals surface area (Å²) >= 11 is 0. The maximum absolute atomic E-state index is 12.7. The van der Waals surface area contributed by atoms with Crippen LogP contribution in [0.3, 0.4) is 0 Å². The molecule has 1 aliphatic carbocycles. The fourth-order valence-electron chi connectivity index (χ4n) is 3.35. The number of carbonyl (C=O) groups is 3. The van der Waals surface area contributed by atoms with E-state index in [2.05, 4.69) is 18.8 Å². The Morgan fingerprint density at radius 2 is 2.00 bits per heavy atom. The van der Waals surface area contributed by atoms with E-state index < -0.39 is 11.6 Å². The highest BCUT2D eigenvalue weighted by Gasteiger charge is 2.52. The zero-order chi connectivity index (χ0) is 17.2. The van der Waals surface area contributed by atoms with E-state index in [4.69, 9.17) is 0 Å². The van der Waals surface area contributed by atoms with Gasteiger partial charge >= 0.3 is 6.03 Å². The fourth-order valence-corrected chi connectivity index (χ4v) is 3.35. The number of likely N-dealkylation sites (N-methyl/N-ethyl adjacent to an activating group) is 1. The van der Waals surface area contributed by atoms with Gasteiger partial charge in [0, 0.05) is 13.1 Å². The third kappa shape index (κ3) is 3.57. The Morgan fingerprint density at radius 1 is 1.39 bits per heavy atom. The van der Waals surface area contributed by atoms with Crippen LogP contribution in [0.4, 0.5) is 4.79 Å². The van der Waals surface area contributed by atoms with E-state index in [1.807, 2.05) is 13.8 Å². The molecule has 1 saturated heterocycles. The van der Waals surface area contributed by atoms with E-state index in [9.17, 15) is 14.4 Å². The number of amides is 4. The van der Waals surface area contributed by atoms with Crippen molar-refractivity contribution in [2.45, 2.75) is 52.0 Å². The molecule has 0 aromatic rings. The number of hydrogen-bond acceptors (Lipinski definition) is 3. The largest absolute Gasteiger partial charge is 0.337 e. The summed E-state index contributed by atoms with van der Waals surface area (Å²) < 4.78 is 0. The minimum Gasteiger partial charge on any atom is -0.337 e. The van der Waals surface area contributed by atoms with Crippen LogP contribution in [0.5, 0.6) is 0 Å². The molecule has 2 aliphatic rings. The van der Waals surface area contributed by atoms with E-state index in [-0.39, 0.29) is 18.4 Å². The van der Waals surface area contributed by atoms with Gasteiger partial charge in [-0.1, -0.05) is 19.1 Å². The first kappa shape index (κ1) is 17.5. The lowest BCUT2D eigenvalue weighted by Gasteiger charge is -2.33. The highest BCUT2D eigenvalue weighted by Crippen LogP contribution is 2.36. The quantitative estimate of drug-likeness (QED) is 0.621. The molecular weight excluding hydrogens is 294 g/mol. The van der Waals surface area contributed by atoms with Crippen LogP contribution in [0.2, 0.25) is 0 Å². The first-order valence-electron chi connectivity index (χ1n) is 8.35. The van der Waals surface area contributed by atoms with Crippen molar-refractivity contribution in [3.63, 3.8) is 0 Å². The van der Waals surface area contributed by atoms with Crippen LogP contribution in [0.25, 0.3) is 0 Å². The van der Waals surface area contributed by atoms with Crippen molar-refractivity contribution in [2.24, 2.45) is 5.92 Å². The third-order valence-electron chi connectivity index (χ3n) is 4.86. The standard InChI is InChI=1S/C17H27N3O3/c1-5-19(10-12(2)3)14(21)11-20-15(22)17(18-16(20)23)8-6-13(4)7-9-17/h13H,2,5-11H2,1,3-4H3,(H,18,23). The van der Waals surface area contributed by atoms with Gasteiger partial charge in [0.1, 0.15) is 12.1 Å². The molecular formula is C17H27N3O3. The summed E-state index contributed by atoms with van der Waals surface area (Å²) in [5, 5.41) is 2.84. The molecule has 1 spiro atoms. The average Bonchev–Trinajstić information content (AvgIpc) is 2.72. The number of urea groups is 1. The van der Waals surface area contributed by atoms with Gasteiger partial charge in [-0.15, -0.1) is 0 Å². The van der Waals surface area contributed by atoms with Gasteiger partial charge in [0.25, 0.3) is 5.91 Å². The molecule has 0 aromatic carbocycles. The first-order valence-corrected chi connectivity index (χ1v) is 8.35. The number of nitrogens with one attached hydrogen (secondary N) is 1. The Morgan fingerprint density at radius 3 is 2.52 bits per heavy atom. The van der Waals surface area contributed by atoms with Crippen molar-refractivity contribution in [3.05, 3.63) is 12.2 Å². The molecule has 2 fully saturated rings. The topological polar surface area (TPSA) is 69.7 Å². The Kier molecular flexibility index (Phi) is 5.12. The summed E-state index contributed by atoms with van der Waals surface area (Å²) in [6.45, 7) is 10.5. The second-order valence-corrected chi connectivity index (χ2v) is 6.95. The van der Waals surface area contributed by atoms with Gasteiger partial charge in [-0.2, -0.15) is 0 Å². The van der Waals surface area contributed by atoms with Gasteiger partial charge in [-0.05, 0) is 45.4 Å². The molecule has 23 heavy (non-hydrogen) atoms. The van der Waals surface area contributed by atoms with E-state index in [1.54, 1.807) is 4.90 Å². The second-order valence-electron chi connectivity index (χ2n) is 6.95. The van der Waals surface area contributed by atoms with Gasteiger partial charge in [-0.25, -0.2) is 4.79 Å². The molecule has 1 aliphatic heterocycles. The molecule has 0 unspecified atom stereocenters. The molecule has 1 N–H and O–H groups in total. The lowest BCUT2D eigenvalue weighted by molar-refractivity contribution is -0.139. The summed E-state index contributed by atoms with van der Waals surface area (Å²) in [5.41, 5.74) is 0.0880. The van der Waals surface area contributed by atoms with Crippen molar-refractivity contribution in [1.29, 1.82) is 0 Å². The van der Waals surface area contributed by atoms with Crippen molar-refractivity contribution < 1.29 is 14.4 Å². The molecule has 0 bridgehead atoms. The Balaban J connectivity index is 2.05. The Hall–Kier alpha value is -1.85. The lowest BCUT2D eigenvalue weighted by Crippen LogP contribution is -2.50. The highest BCUT2D eigenvalue weighted by molar-refractivity contribution is 6.09. The molecule has 0 radical (unpaired) electrons. The van der Waals surface area contributed by atoms with E-state index in [0.29, 0.717) is 31.8 Å². The summed E-state index contributed by atoms with van der Waals surface area (Å²) in [5.74, 6) is 0.113. The van der Waals surface area contributed by atoms with Crippen LogP contribution in [0, 0.1) is 5.92 Å². The average molecular weight is 321 g/mol. The third-order valence-corrected chi connectivity index (χ3v) is 4.86. The van der Waals surface area contributed by atoms with Crippen LogP contribution < -0.4 is 5.32 Å². The number of imide groups is 1. The molecule has 0 aromatic heterocycles. The minimum absolute atomic E-state index is 0.191. The molecule has 6 nitrogen and oxygen atoms in total. The summed E-state index contributed by atoms with van der Waals surface area (Å²) in [7, 11) is 0. The predicted molar refractivity (Wildman–Crippen MR) is 87.7 cm³/mol. The van der Waals surface area contributed by atoms with Crippen molar-refractivity contribution >= 4 is 17.8 Å². The maximum atomic E-state index is 12.7. The van der Waals surface area contributed by atoms with Gasteiger partial charge in [0.05, 0.1) is 0 Å². The summed E-state index contributed by atoms with van der Waals surface area (Å²) in [6.07, 6.45) is 3.16. The van der Waals surface area contributed by atoms with Crippen molar-refractivity contribution in [3.8, 4) is 0 Å². The van der Waals surface area contributed by atoms with Crippen molar-refractivity contribution in [1.82, 2.24) is 15.1 Å². The van der Waals surface area contributed by atoms with Crippen LogP contribution in [0.15, 0.2) is 12.2 Å². The maximum Gasteiger partial charge on any atom is 0.325 e. The SMILES string of the molecule is C=C(C)CN(CC)C(=O)CN1C(=O)NC2(CCC(C)CC2)C1=O. The zero-order valence-electron chi connectivity index (χ0n) is 14.4. The second kappa shape index (κ2) is 6.72. The minimum atomic E-state index is -0.782. The summed E-state index contributed by atoms with van der Waals surface area (Å²) in [4.78, 5) is 40.0. The predicted octanol–water partition coefficient (Wildman–Crippen LogP) is 1.91. The molecule has 128 valence electrons. The van der Waals surface area contributed by atoms with Crippen LogP contribution in [-0.2, 0) is 9.59 Å². The molecule has 0 atom stereocenters. The van der Waals surface area contributed by atoms with Crippen molar-refractivity contribution in [2.75, 3.05) is 19.6 Å². The lowest BCUT2D eigenvalue weighted by atomic mass is 9.77. The Bertz CT molecular complexity index is 521. The zero-order valence-corrected chi connectivity index (χ0v) is 14.4. The van der Waals surface area contributed by atoms with Gasteiger partial charge < -0.3 is 10.2 Å². The fraction of sp³-hybridized carbons (Fsp3) is 0.706. The van der Waals surface area contributed by atoms with Crippen LogP contribution >= 0.6 is 0 Å². The Labute approximate surface area is 137 Å². The van der Waals surface area contributed by atoms with E-state index in [1.165, 1.54) is 0 Å². The highest BCUT2D eigenvalue weighted by atomic mass is 16.2. The molecule has 2 rings (SSSR count). The number of nitrogens with zero attached hydrogens (tertiary/aromatic N) is 2. The molecule has 1 saturated carbocycles. The van der Waals surface area contributed by atoms with E-state index >= 15 is 0 Å². The van der Waals surface area contributed by atoms with E-state index in [0.717, 1.165) is 23.3 Å². The molecule has 6 heteroatoms. The van der Waals surface area contributed by atoms with Gasteiger partial charge in [0.2, 0.25) is 5.91 Å². The first-order chi connectivity index (χ1) is 10.8. The van der Waals surface area contributed by atoms with Gasteiger partial charge in [0.15, 0.2) is 0 Å². The summed E-state index contributed by atoms with van der Waals surface area (Å²) in [6, 6.07) is -0.440. The number of hydrogen-bond donors (Lipinski definition) is 1. The number of rotatable bonds is 5. The molecule has 4 amide bonds. The number of carbonyl (C=O) groups excluding carboxylic acids is 3.